The van der Waals surface area contributed by atoms with Gasteiger partial charge < -0.3 is 10.1 Å². The molecular weight excluding hydrogens is 358 g/mol. The zero-order chi connectivity index (χ0) is 18.4. The Balaban J connectivity index is 1.81. The Morgan fingerprint density at radius 3 is 2.64 bits per heavy atom. The SMILES string of the molecule is Cc1cc(OCC(=O)NNC(=S)NC2CCCC2)c(C(C)C)cc1Cl. The fourth-order valence-electron chi connectivity index (χ4n) is 2.84. The summed E-state index contributed by atoms with van der Waals surface area (Å²) in [7, 11) is 0. The number of carbonyl (C=O) groups excluding carboxylic acids is 1. The van der Waals surface area contributed by atoms with Gasteiger partial charge in [0.05, 0.1) is 0 Å². The summed E-state index contributed by atoms with van der Waals surface area (Å²) >= 11 is 11.4. The van der Waals surface area contributed by atoms with Gasteiger partial charge in [-0.1, -0.05) is 38.3 Å². The Hall–Kier alpha value is -1.53. The van der Waals surface area contributed by atoms with Crippen LogP contribution in [-0.4, -0.2) is 23.7 Å². The lowest BCUT2D eigenvalue weighted by molar-refractivity contribution is -0.123. The van der Waals surface area contributed by atoms with Gasteiger partial charge in [0.25, 0.3) is 5.91 Å². The minimum atomic E-state index is -0.294. The Labute approximate surface area is 159 Å². The first kappa shape index (κ1) is 19.8. The van der Waals surface area contributed by atoms with Crippen LogP contribution in [0.15, 0.2) is 12.1 Å². The molecule has 1 fully saturated rings. The normalized spacial score (nSPS) is 14.4. The van der Waals surface area contributed by atoms with Gasteiger partial charge >= 0.3 is 0 Å². The number of nitrogens with one attached hydrogen (secondary N) is 3. The van der Waals surface area contributed by atoms with Crippen LogP contribution in [0.4, 0.5) is 0 Å². The third-order valence-electron chi connectivity index (χ3n) is 4.28. The van der Waals surface area contributed by atoms with Gasteiger partial charge in [0.2, 0.25) is 0 Å². The van der Waals surface area contributed by atoms with E-state index in [1.807, 2.05) is 19.1 Å². The van der Waals surface area contributed by atoms with Crippen molar-refractivity contribution in [3.05, 3.63) is 28.3 Å². The Morgan fingerprint density at radius 1 is 1.32 bits per heavy atom. The average Bonchev–Trinajstić information content (AvgIpc) is 3.06. The van der Waals surface area contributed by atoms with E-state index in [0.717, 1.165) is 24.0 Å². The predicted octanol–water partition coefficient (Wildman–Crippen LogP) is 3.59. The van der Waals surface area contributed by atoms with Crippen molar-refractivity contribution >= 4 is 34.8 Å². The summed E-state index contributed by atoms with van der Waals surface area (Å²) in [4.78, 5) is 12.0. The standard InChI is InChI=1S/C18H26ClN3O2S/c1-11(2)14-9-15(19)12(3)8-16(14)24-10-17(23)21-22-18(25)20-13-6-4-5-7-13/h8-9,11,13H,4-7,10H2,1-3H3,(H,21,23)(H2,20,22,25). The molecule has 0 bridgehead atoms. The molecule has 0 spiro atoms. The van der Waals surface area contributed by atoms with E-state index in [0.29, 0.717) is 21.9 Å². The second-order valence-electron chi connectivity index (χ2n) is 6.71. The van der Waals surface area contributed by atoms with Crippen molar-refractivity contribution in [3.8, 4) is 5.75 Å². The molecule has 3 N–H and O–H groups in total. The Morgan fingerprint density at radius 2 is 2.00 bits per heavy atom. The quantitative estimate of drug-likeness (QED) is 0.535. The molecule has 138 valence electrons. The molecular formula is C18H26ClN3O2S. The van der Waals surface area contributed by atoms with Crippen molar-refractivity contribution in [2.24, 2.45) is 0 Å². The predicted molar refractivity (Wildman–Crippen MR) is 105 cm³/mol. The van der Waals surface area contributed by atoms with Crippen molar-refractivity contribution in [2.45, 2.75) is 58.4 Å². The molecule has 5 nitrogen and oxygen atoms in total. The molecule has 0 aliphatic heterocycles. The number of thiocarbonyl (C=S) groups is 1. The first-order chi connectivity index (χ1) is 11.9. The minimum absolute atomic E-state index is 0.0974. The van der Waals surface area contributed by atoms with Crippen molar-refractivity contribution in [3.63, 3.8) is 0 Å². The fraction of sp³-hybridized carbons (Fsp3) is 0.556. The Kier molecular flexibility index (Phi) is 7.32. The van der Waals surface area contributed by atoms with Crippen LogP contribution in [0, 0.1) is 6.92 Å². The van der Waals surface area contributed by atoms with E-state index >= 15 is 0 Å². The summed E-state index contributed by atoms with van der Waals surface area (Å²) in [6.07, 6.45) is 4.68. The van der Waals surface area contributed by atoms with Gasteiger partial charge in [0.1, 0.15) is 5.75 Å². The molecule has 25 heavy (non-hydrogen) atoms. The molecule has 1 aromatic rings. The fourth-order valence-corrected chi connectivity index (χ4v) is 3.23. The van der Waals surface area contributed by atoms with Crippen LogP contribution in [0.25, 0.3) is 0 Å². The smallest absolute Gasteiger partial charge is 0.276 e. The first-order valence-electron chi connectivity index (χ1n) is 8.65. The van der Waals surface area contributed by atoms with Crippen LogP contribution >= 0.6 is 23.8 Å². The maximum atomic E-state index is 12.0. The number of hydrazine groups is 1. The molecule has 0 radical (unpaired) electrons. The van der Waals surface area contributed by atoms with Crippen molar-refractivity contribution in [1.82, 2.24) is 16.2 Å². The third-order valence-corrected chi connectivity index (χ3v) is 4.90. The summed E-state index contributed by atoms with van der Waals surface area (Å²) in [6.45, 7) is 5.93. The van der Waals surface area contributed by atoms with Crippen molar-refractivity contribution < 1.29 is 9.53 Å². The molecule has 0 aromatic heterocycles. The van der Waals surface area contributed by atoms with Gasteiger partial charge in [0, 0.05) is 11.1 Å². The zero-order valence-electron chi connectivity index (χ0n) is 14.9. The van der Waals surface area contributed by atoms with Crippen LogP contribution in [0.2, 0.25) is 5.02 Å². The highest BCUT2D eigenvalue weighted by molar-refractivity contribution is 7.80. The second kappa shape index (κ2) is 9.25. The molecule has 0 saturated heterocycles. The van der Waals surface area contributed by atoms with E-state index in [9.17, 15) is 4.79 Å². The van der Waals surface area contributed by atoms with Crippen LogP contribution in [0.5, 0.6) is 5.75 Å². The van der Waals surface area contributed by atoms with Crippen LogP contribution in [-0.2, 0) is 4.79 Å². The average molecular weight is 384 g/mol. The number of ether oxygens (including phenoxy) is 1. The highest BCUT2D eigenvalue weighted by Crippen LogP contribution is 2.31. The number of hydrogen-bond acceptors (Lipinski definition) is 3. The largest absolute Gasteiger partial charge is 0.483 e. The molecule has 1 saturated carbocycles. The van der Waals surface area contributed by atoms with Gasteiger partial charge in [-0.3, -0.25) is 15.6 Å². The first-order valence-corrected chi connectivity index (χ1v) is 9.43. The van der Waals surface area contributed by atoms with E-state index in [1.54, 1.807) is 0 Å². The molecule has 1 aromatic carbocycles. The number of aryl methyl sites for hydroxylation is 1. The van der Waals surface area contributed by atoms with Crippen LogP contribution in [0.1, 0.15) is 56.6 Å². The zero-order valence-corrected chi connectivity index (χ0v) is 16.5. The van der Waals surface area contributed by atoms with Gasteiger partial charge in [-0.15, -0.1) is 0 Å². The van der Waals surface area contributed by atoms with Crippen LogP contribution < -0.4 is 20.9 Å². The summed E-state index contributed by atoms with van der Waals surface area (Å²) in [5.41, 5.74) is 7.18. The molecule has 1 amide bonds. The second-order valence-corrected chi connectivity index (χ2v) is 7.53. The number of rotatable bonds is 5. The third kappa shape index (κ3) is 6.04. The lowest BCUT2D eigenvalue weighted by atomic mass is 10.0. The summed E-state index contributed by atoms with van der Waals surface area (Å²) in [5, 5.41) is 4.33. The van der Waals surface area contributed by atoms with E-state index in [2.05, 4.69) is 30.0 Å². The molecule has 1 aliphatic rings. The van der Waals surface area contributed by atoms with Crippen molar-refractivity contribution in [1.29, 1.82) is 0 Å². The Bertz CT molecular complexity index is 631. The number of amides is 1. The number of halogens is 1. The topological polar surface area (TPSA) is 62.4 Å². The molecule has 2 rings (SSSR count). The molecule has 7 heteroatoms. The summed E-state index contributed by atoms with van der Waals surface area (Å²) in [5.74, 6) is 0.633. The van der Waals surface area contributed by atoms with E-state index in [4.69, 9.17) is 28.6 Å². The number of benzene rings is 1. The molecule has 0 unspecified atom stereocenters. The van der Waals surface area contributed by atoms with Crippen molar-refractivity contribution in [2.75, 3.05) is 6.61 Å². The molecule has 0 atom stereocenters. The maximum Gasteiger partial charge on any atom is 0.276 e. The van der Waals surface area contributed by atoms with E-state index in [-0.39, 0.29) is 18.4 Å². The maximum absolute atomic E-state index is 12.0. The van der Waals surface area contributed by atoms with E-state index < -0.39 is 0 Å². The van der Waals surface area contributed by atoms with Crippen LogP contribution in [0.3, 0.4) is 0 Å². The highest BCUT2D eigenvalue weighted by atomic mass is 35.5. The van der Waals surface area contributed by atoms with Gasteiger partial charge in [-0.05, 0) is 61.2 Å². The molecule has 0 heterocycles. The summed E-state index contributed by atoms with van der Waals surface area (Å²) in [6, 6.07) is 4.16. The summed E-state index contributed by atoms with van der Waals surface area (Å²) < 4.78 is 5.69. The van der Waals surface area contributed by atoms with Gasteiger partial charge in [-0.25, -0.2) is 0 Å². The number of hydrogen-bond donors (Lipinski definition) is 3. The monoisotopic (exact) mass is 383 g/mol. The van der Waals surface area contributed by atoms with E-state index in [1.165, 1.54) is 12.8 Å². The number of carbonyl (C=O) groups is 1. The minimum Gasteiger partial charge on any atom is -0.483 e. The van der Waals surface area contributed by atoms with Gasteiger partial charge in [-0.2, -0.15) is 0 Å². The van der Waals surface area contributed by atoms with Gasteiger partial charge in [0.15, 0.2) is 11.7 Å². The lowest BCUT2D eigenvalue weighted by Gasteiger charge is -2.17. The lowest BCUT2D eigenvalue weighted by Crippen LogP contribution is -2.50. The molecule has 1 aliphatic carbocycles. The highest BCUT2D eigenvalue weighted by Gasteiger charge is 2.16.